The van der Waals surface area contributed by atoms with Crippen LogP contribution in [0.3, 0.4) is 0 Å². The minimum Gasteiger partial charge on any atom is -0.344 e. The van der Waals surface area contributed by atoms with Crippen LogP contribution in [0.1, 0.15) is 5.56 Å². The Morgan fingerprint density at radius 3 is 1.96 bits per heavy atom. The standard InChI is InChI=1S/C21H27NSi2/c1-22-20-10-8-16(12-13-23(2,3)4)14-18(20)19-15-17(24(5,6)7)9-11-21(19)22/h8-11,14-15H,1-7H3. The van der Waals surface area contributed by atoms with Crippen LogP contribution in [0.15, 0.2) is 36.4 Å². The van der Waals surface area contributed by atoms with E-state index in [-0.39, 0.29) is 0 Å². The Bertz CT molecular complexity index is 986. The average molecular weight is 350 g/mol. The predicted molar refractivity (Wildman–Crippen MR) is 114 cm³/mol. The number of hydrogen-bond donors (Lipinski definition) is 0. The molecule has 0 fully saturated rings. The fourth-order valence-corrected chi connectivity index (χ4v) is 4.70. The fourth-order valence-electron chi connectivity index (χ4n) is 3.02. The molecule has 0 atom stereocenters. The largest absolute Gasteiger partial charge is 0.344 e. The van der Waals surface area contributed by atoms with Crippen molar-refractivity contribution in [3.05, 3.63) is 42.0 Å². The zero-order valence-corrected chi connectivity index (χ0v) is 17.9. The van der Waals surface area contributed by atoms with Gasteiger partial charge in [-0.25, -0.2) is 0 Å². The van der Waals surface area contributed by atoms with Crippen LogP contribution in [-0.2, 0) is 7.05 Å². The molecular weight excluding hydrogens is 322 g/mol. The molecule has 0 bridgehead atoms. The number of aryl methyl sites for hydroxylation is 1. The van der Waals surface area contributed by atoms with Crippen molar-refractivity contribution in [2.45, 2.75) is 39.3 Å². The molecule has 0 spiro atoms. The number of nitrogens with zero attached hydrogens (tertiary/aromatic N) is 1. The van der Waals surface area contributed by atoms with E-state index < -0.39 is 16.1 Å². The number of hydrogen-bond acceptors (Lipinski definition) is 0. The molecule has 0 saturated carbocycles. The van der Waals surface area contributed by atoms with E-state index in [9.17, 15) is 0 Å². The van der Waals surface area contributed by atoms with Crippen molar-refractivity contribution in [1.82, 2.24) is 4.57 Å². The maximum atomic E-state index is 3.48. The highest BCUT2D eigenvalue weighted by molar-refractivity contribution is 6.88. The fraction of sp³-hybridized carbons (Fsp3) is 0.333. The zero-order chi connectivity index (χ0) is 17.7. The summed E-state index contributed by atoms with van der Waals surface area (Å²) in [6, 6.07) is 13.7. The highest BCUT2D eigenvalue weighted by Crippen LogP contribution is 2.28. The quantitative estimate of drug-likeness (QED) is 0.425. The topological polar surface area (TPSA) is 4.93 Å². The minimum absolute atomic E-state index is 1.14. The van der Waals surface area contributed by atoms with Gasteiger partial charge in [-0.3, -0.25) is 0 Å². The van der Waals surface area contributed by atoms with Crippen LogP contribution in [0.4, 0.5) is 0 Å². The number of aromatic nitrogens is 1. The summed E-state index contributed by atoms with van der Waals surface area (Å²) < 4.78 is 2.30. The molecule has 1 heterocycles. The molecule has 0 aliphatic rings. The molecule has 0 aliphatic carbocycles. The van der Waals surface area contributed by atoms with Crippen LogP contribution >= 0.6 is 0 Å². The van der Waals surface area contributed by atoms with Gasteiger partial charge < -0.3 is 4.57 Å². The second-order valence-corrected chi connectivity index (χ2v) is 18.6. The molecule has 2 aromatic carbocycles. The van der Waals surface area contributed by atoms with Gasteiger partial charge >= 0.3 is 0 Å². The molecular formula is C21H27NSi2. The third-order valence-corrected chi connectivity index (χ3v) is 7.37. The van der Waals surface area contributed by atoms with E-state index in [1.54, 1.807) is 0 Å². The maximum Gasteiger partial charge on any atom is 0.129 e. The van der Waals surface area contributed by atoms with E-state index in [0.29, 0.717) is 0 Å². The van der Waals surface area contributed by atoms with E-state index in [1.807, 2.05) is 0 Å². The first-order valence-corrected chi connectivity index (χ1v) is 15.6. The summed E-state index contributed by atoms with van der Waals surface area (Å²) in [6.45, 7) is 14.1. The zero-order valence-electron chi connectivity index (χ0n) is 15.9. The van der Waals surface area contributed by atoms with Gasteiger partial charge in [-0.05, 0) is 24.3 Å². The van der Waals surface area contributed by atoms with Gasteiger partial charge in [0.15, 0.2) is 0 Å². The summed E-state index contributed by atoms with van der Waals surface area (Å²) in [4.78, 5) is 0. The van der Waals surface area contributed by atoms with Crippen LogP contribution in [0, 0.1) is 11.5 Å². The molecule has 0 saturated heterocycles. The number of rotatable bonds is 1. The van der Waals surface area contributed by atoms with Crippen molar-refractivity contribution < 1.29 is 0 Å². The van der Waals surface area contributed by atoms with Crippen LogP contribution in [0.25, 0.3) is 21.8 Å². The van der Waals surface area contributed by atoms with Gasteiger partial charge in [-0.1, -0.05) is 62.5 Å². The Hall–Kier alpha value is -1.77. The van der Waals surface area contributed by atoms with Crippen molar-refractivity contribution in [2.75, 3.05) is 0 Å². The molecule has 24 heavy (non-hydrogen) atoms. The van der Waals surface area contributed by atoms with Gasteiger partial charge in [0.1, 0.15) is 8.07 Å². The molecule has 3 aromatic rings. The second-order valence-electron chi connectivity index (χ2n) is 8.77. The van der Waals surface area contributed by atoms with Gasteiger partial charge in [-0.15, -0.1) is 5.54 Å². The van der Waals surface area contributed by atoms with Gasteiger partial charge in [-0.2, -0.15) is 0 Å². The van der Waals surface area contributed by atoms with Crippen LogP contribution in [0.2, 0.25) is 39.3 Å². The second kappa shape index (κ2) is 5.65. The van der Waals surface area contributed by atoms with Crippen LogP contribution in [-0.4, -0.2) is 20.7 Å². The highest BCUT2D eigenvalue weighted by atomic mass is 28.3. The average Bonchev–Trinajstić information content (AvgIpc) is 2.76. The Morgan fingerprint density at radius 1 is 0.792 bits per heavy atom. The lowest BCUT2D eigenvalue weighted by atomic mass is 10.1. The molecule has 3 heteroatoms. The molecule has 0 aliphatic heterocycles. The molecule has 124 valence electrons. The van der Waals surface area contributed by atoms with Crippen LogP contribution in [0.5, 0.6) is 0 Å². The molecule has 3 rings (SSSR count). The summed E-state index contributed by atoms with van der Waals surface area (Å²) in [5, 5.41) is 4.21. The van der Waals surface area contributed by atoms with Crippen molar-refractivity contribution in [2.24, 2.45) is 7.05 Å². The van der Waals surface area contributed by atoms with Crippen molar-refractivity contribution >= 4 is 43.1 Å². The summed E-state index contributed by atoms with van der Waals surface area (Å²) in [6.07, 6.45) is 0. The molecule has 0 radical (unpaired) electrons. The molecule has 1 aromatic heterocycles. The first kappa shape index (κ1) is 17.1. The van der Waals surface area contributed by atoms with Gasteiger partial charge in [0.2, 0.25) is 0 Å². The third kappa shape index (κ3) is 3.22. The smallest absolute Gasteiger partial charge is 0.129 e. The van der Waals surface area contributed by atoms with Crippen molar-refractivity contribution in [3.63, 3.8) is 0 Å². The summed E-state index contributed by atoms with van der Waals surface area (Å²) >= 11 is 0. The highest BCUT2D eigenvalue weighted by Gasteiger charge is 2.18. The summed E-state index contributed by atoms with van der Waals surface area (Å²) in [7, 11) is -0.506. The SMILES string of the molecule is Cn1c2ccc(C#C[Si](C)(C)C)cc2c2cc([Si](C)(C)C)ccc21. The summed E-state index contributed by atoms with van der Waals surface area (Å²) in [5.74, 6) is 3.41. The number of benzene rings is 2. The Kier molecular flexibility index (Phi) is 4.02. The minimum atomic E-state index is -1.35. The lowest BCUT2D eigenvalue weighted by Crippen LogP contribution is -2.37. The maximum absolute atomic E-state index is 3.48. The lowest BCUT2D eigenvalue weighted by molar-refractivity contribution is 1.01. The molecule has 0 N–H and O–H groups in total. The van der Waals surface area contributed by atoms with Gasteiger partial charge in [0.25, 0.3) is 0 Å². The normalized spacial score (nSPS) is 12.5. The van der Waals surface area contributed by atoms with E-state index in [1.165, 1.54) is 27.0 Å². The van der Waals surface area contributed by atoms with Crippen molar-refractivity contribution in [3.8, 4) is 11.5 Å². The molecule has 0 unspecified atom stereocenters. The van der Waals surface area contributed by atoms with Crippen LogP contribution < -0.4 is 5.19 Å². The Morgan fingerprint density at radius 2 is 1.38 bits per heavy atom. The Balaban J connectivity index is 2.26. The first-order chi connectivity index (χ1) is 11.1. The van der Waals surface area contributed by atoms with E-state index in [2.05, 4.69) is 98.8 Å². The lowest BCUT2D eigenvalue weighted by Gasteiger charge is -2.16. The van der Waals surface area contributed by atoms with Gasteiger partial charge in [0, 0.05) is 34.4 Å². The Labute approximate surface area is 147 Å². The van der Waals surface area contributed by atoms with E-state index in [0.717, 1.165) is 5.56 Å². The van der Waals surface area contributed by atoms with E-state index in [4.69, 9.17) is 0 Å². The summed E-state index contributed by atoms with van der Waals surface area (Å²) in [5.41, 5.74) is 7.21. The van der Waals surface area contributed by atoms with Crippen molar-refractivity contribution in [1.29, 1.82) is 0 Å². The van der Waals surface area contributed by atoms with Gasteiger partial charge in [0.05, 0.1) is 8.07 Å². The molecule has 0 amide bonds. The monoisotopic (exact) mass is 349 g/mol. The predicted octanol–water partition coefficient (Wildman–Crippen LogP) is 5.11. The first-order valence-electron chi connectivity index (χ1n) is 8.62. The number of fused-ring (bicyclic) bond motifs is 3. The molecule has 1 nitrogen and oxygen atoms in total. The third-order valence-electron chi connectivity index (χ3n) is 4.45. The van der Waals surface area contributed by atoms with E-state index >= 15 is 0 Å².